The lowest BCUT2D eigenvalue weighted by Gasteiger charge is -2.26. The molecule has 30 heavy (non-hydrogen) atoms. The highest BCUT2D eigenvalue weighted by molar-refractivity contribution is 6.03. The number of rotatable bonds is 7. The Kier molecular flexibility index (Phi) is 7.12. The maximum absolute atomic E-state index is 12.8. The SMILES string of the molecule is O=C(COC1CCCCO1)c1ccccc1-c1ccc(OC2CC(O)CCO2)cc1. The highest BCUT2D eigenvalue weighted by atomic mass is 16.7. The Morgan fingerprint density at radius 2 is 1.77 bits per heavy atom. The molecule has 4 rings (SSSR count). The van der Waals surface area contributed by atoms with Crippen molar-refractivity contribution in [2.75, 3.05) is 19.8 Å². The first kappa shape index (κ1) is 21.0. The molecule has 0 aromatic heterocycles. The van der Waals surface area contributed by atoms with Gasteiger partial charge in [-0.1, -0.05) is 36.4 Å². The van der Waals surface area contributed by atoms with Crippen molar-refractivity contribution < 1.29 is 28.8 Å². The third kappa shape index (κ3) is 5.46. The summed E-state index contributed by atoms with van der Waals surface area (Å²) in [5, 5.41) is 9.75. The minimum Gasteiger partial charge on any atom is -0.465 e. The number of hydrogen-bond acceptors (Lipinski definition) is 6. The van der Waals surface area contributed by atoms with E-state index in [4.69, 9.17) is 18.9 Å². The molecule has 2 aromatic carbocycles. The van der Waals surface area contributed by atoms with E-state index >= 15 is 0 Å². The first-order valence-electron chi connectivity index (χ1n) is 10.6. The summed E-state index contributed by atoms with van der Waals surface area (Å²) >= 11 is 0. The number of carbonyl (C=O) groups is 1. The van der Waals surface area contributed by atoms with E-state index in [2.05, 4.69) is 0 Å². The van der Waals surface area contributed by atoms with Crippen LogP contribution in [0.15, 0.2) is 48.5 Å². The van der Waals surface area contributed by atoms with Gasteiger partial charge in [0.1, 0.15) is 12.4 Å². The van der Waals surface area contributed by atoms with E-state index in [0.29, 0.717) is 37.4 Å². The van der Waals surface area contributed by atoms with Crippen LogP contribution >= 0.6 is 0 Å². The third-order valence-electron chi connectivity index (χ3n) is 5.42. The first-order chi connectivity index (χ1) is 14.7. The van der Waals surface area contributed by atoms with Gasteiger partial charge < -0.3 is 24.1 Å². The number of hydrogen-bond donors (Lipinski definition) is 1. The molecule has 0 amide bonds. The average Bonchev–Trinajstić information content (AvgIpc) is 2.79. The highest BCUT2D eigenvalue weighted by Gasteiger charge is 2.22. The molecule has 3 unspecified atom stereocenters. The molecule has 6 nitrogen and oxygen atoms in total. The molecule has 2 aliphatic heterocycles. The lowest BCUT2D eigenvalue weighted by molar-refractivity contribution is -0.155. The lowest BCUT2D eigenvalue weighted by atomic mass is 9.97. The third-order valence-corrected chi connectivity index (χ3v) is 5.42. The Hall–Kier alpha value is -2.25. The maximum Gasteiger partial charge on any atom is 0.202 e. The molecule has 1 N–H and O–H groups in total. The lowest BCUT2D eigenvalue weighted by Crippen LogP contribution is -2.32. The average molecular weight is 412 g/mol. The summed E-state index contributed by atoms with van der Waals surface area (Å²) in [6.45, 7) is 1.19. The molecule has 0 bridgehead atoms. The van der Waals surface area contributed by atoms with E-state index in [1.54, 1.807) is 0 Å². The van der Waals surface area contributed by atoms with Crippen molar-refractivity contribution in [3.63, 3.8) is 0 Å². The van der Waals surface area contributed by atoms with Gasteiger partial charge in [0.15, 0.2) is 12.1 Å². The zero-order chi connectivity index (χ0) is 20.8. The molecule has 2 aromatic rings. The number of Topliss-reactive ketones (excluding diaryl/α,β-unsaturated/α-hetero) is 1. The second-order valence-electron chi connectivity index (χ2n) is 7.70. The molecule has 2 aliphatic rings. The number of aliphatic hydroxyl groups is 1. The van der Waals surface area contributed by atoms with Gasteiger partial charge in [0.25, 0.3) is 0 Å². The van der Waals surface area contributed by atoms with E-state index in [-0.39, 0.29) is 24.8 Å². The van der Waals surface area contributed by atoms with Gasteiger partial charge >= 0.3 is 0 Å². The van der Waals surface area contributed by atoms with Crippen molar-refractivity contribution in [1.82, 2.24) is 0 Å². The molecule has 6 heteroatoms. The van der Waals surface area contributed by atoms with E-state index in [1.165, 1.54) is 0 Å². The number of ether oxygens (including phenoxy) is 4. The van der Waals surface area contributed by atoms with Gasteiger partial charge in [-0.25, -0.2) is 0 Å². The number of benzene rings is 2. The second-order valence-corrected chi connectivity index (χ2v) is 7.70. The monoisotopic (exact) mass is 412 g/mol. The summed E-state index contributed by atoms with van der Waals surface area (Å²) in [6, 6.07) is 15.1. The standard InChI is InChI=1S/C24H28O6/c25-18-12-14-28-24(15-18)30-19-10-8-17(9-11-19)20-5-1-2-6-21(20)22(26)16-29-23-7-3-4-13-27-23/h1-2,5-6,8-11,18,23-25H,3-4,7,12-16H2. The smallest absolute Gasteiger partial charge is 0.202 e. The molecule has 0 spiro atoms. The van der Waals surface area contributed by atoms with Crippen LogP contribution < -0.4 is 4.74 Å². The molecule has 2 fully saturated rings. The Labute approximate surface area is 176 Å². The molecule has 3 atom stereocenters. The summed E-state index contributed by atoms with van der Waals surface area (Å²) in [5.41, 5.74) is 2.40. The summed E-state index contributed by atoms with van der Waals surface area (Å²) in [5.74, 6) is 0.601. The van der Waals surface area contributed by atoms with E-state index in [1.807, 2.05) is 48.5 Å². The number of carbonyl (C=O) groups excluding carboxylic acids is 1. The summed E-state index contributed by atoms with van der Waals surface area (Å²) in [7, 11) is 0. The zero-order valence-corrected chi connectivity index (χ0v) is 17.0. The van der Waals surface area contributed by atoms with Crippen LogP contribution in [0.5, 0.6) is 5.75 Å². The fourth-order valence-electron chi connectivity index (χ4n) is 3.76. The van der Waals surface area contributed by atoms with Gasteiger partial charge in [0, 0.05) is 18.6 Å². The number of aliphatic hydroxyl groups excluding tert-OH is 1. The van der Waals surface area contributed by atoms with Crippen molar-refractivity contribution in [3.05, 3.63) is 54.1 Å². The zero-order valence-electron chi connectivity index (χ0n) is 17.0. The minimum atomic E-state index is -0.437. The molecule has 0 saturated carbocycles. The van der Waals surface area contributed by atoms with Crippen molar-refractivity contribution in [2.24, 2.45) is 0 Å². The van der Waals surface area contributed by atoms with Gasteiger partial charge in [0.05, 0.1) is 12.7 Å². The van der Waals surface area contributed by atoms with Crippen molar-refractivity contribution >= 4 is 5.78 Å². The van der Waals surface area contributed by atoms with Gasteiger partial charge in [-0.05, 0) is 48.9 Å². The molecular formula is C24H28O6. The van der Waals surface area contributed by atoms with Crippen LogP contribution in [0.25, 0.3) is 11.1 Å². The van der Waals surface area contributed by atoms with E-state index < -0.39 is 6.29 Å². The van der Waals surface area contributed by atoms with Crippen LogP contribution in [0.2, 0.25) is 0 Å². The van der Waals surface area contributed by atoms with Crippen molar-refractivity contribution in [2.45, 2.75) is 50.8 Å². The predicted octanol–water partition coefficient (Wildman–Crippen LogP) is 3.96. The Bertz CT molecular complexity index is 828. The van der Waals surface area contributed by atoms with Crippen molar-refractivity contribution in [1.29, 1.82) is 0 Å². The predicted molar refractivity (Wildman–Crippen MR) is 111 cm³/mol. The van der Waals surface area contributed by atoms with Crippen LogP contribution in [-0.4, -0.2) is 49.4 Å². The van der Waals surface area contributed by atoms with Crippen LogP contribution in [0.1, 0.15) is 42.5 Å². The Balaban J connectivity index is 1.41. The normalized spacial score (nSPS) is 24.4. The number of ketones is 1. The summed E-state index contributed by atoms with van der Waals surface area (Å²) in [6.07, 6.45) is 2.93. The Morgan fingerprint density at radius 3 is 2.53 bits per heavy atom. The van der Waals surface area contributed by atoms with Crippen LogP contribution in [-0.2, 0) is 14.2 Å². The molecule has 0 aliphatic carbocycles. The summed E-state index contributed by atoms with van der Waals surface area (Å²) in [4.78, 5) is 12.8. The molecule has 2 heterocycles. The van der Waals surface area contributed by atoms with Gasteiger partial charge in [-0.3, -0.25) is 4.79 Å². The van der Waals surface area contributed by atoms with Gasteiger partial charge in [-0.2, -0.15) is 0 Å². The fraction of sp³-hybridized carbons (Fsp3) is 0.458. The van der Waals surface area contributed by atoms with E-state index in [0.717, 1.165) is 30.4 Å². The van der Waals surface area contributed by atoms with Gasteiger partial charge in [0.2, 0.25) is 6.29 Å². The Morgan fingerprint density at radius 1 is 0.967 bits per heavy atom. The van der Waals surface area contributed by atoms with Gasteiger partial charge in [-0.15, -0.1) is 0 Å². The molecule has 0 radical (unpaired) electrons. The van der Waals surface area contributed by atoms with Crippen LogP contribution in [0.3, 0.4) is 0 Å². The topological polar surface area (TPSA) is 74.2 Å². The largest absolute Gasteiger partial charge is 0.465 e. The first-order valence-corrected chi connectivity index (χ1v) is 10.6. The second kappa shape index (κ2) is 10.2. The quantitative estimate of drug-likeness (QED) is 0.694. The molecule has 2 saturated heterocycles. The minimum absolute atomic E-state index is 0.00419. The molecule has 160 valence electrons. The highest BCUT2D eigenvalue weighted by Crippen LogP contribution is 2.28. The van der Waals surface area contributed by atoms with Crippen LogP contribution in [0.4, 0.5) is 0 Å². The summed E-state index contributed by atoms with van der Waals surface area (Å²) < 4.78 is 22.6. The van der Waals surface area contributed by atoms with Crippen molar-refractivity contribution in [3.8, 4) is 16.9 Å². The maximum atomic E-state index is 12.8. The molecular weight excluding hydrogens is 384 g/mol. The van der Waals surface area contributed by atoms with E-state index in [9.17, 15) is 9.90 Å². The van der Waals surface area contributed by atoms with Crippen LogP contribution in [0, 0.1) is 0 Å². The fourth-order valence-corrected chi connectivity index (χ4v) is 3.76.